The number of hydrogen-bond donors (Lipinski definition) is 1. The van der Waals surface area contributed by atoms with E-state index in [1.165, 1.54) is 30.6 Å². The molecule has 2 fully saturated rings. The van der Waals surface area contributed by atoms with Gasteiger partial charge in [0.1, 0.15) is 10.5 Å². The van der Waals surface area contributed by atoms with Gasteiger partial charge in [-0.1, -0.05) is 6.42 Å². The zero-order valence-corrected chi connectivity index (χ0v) is 12.5. The lowest BCUT2D eigenvalue weighted by molar-refractivity contribution is -0.128. The van der Waals surface area contributed by atoms with Crippen LogP contribution in [-0.2, 0) is 4.79 Å². The van der Waals surface area contributed by atoms with Crippen LogP contribution < -0.4 is 5.56 Å². The minimum absolute atomic E-state index is 0.0228. The number of amides is 1. The van der Waals surface area contributed by atoms with E-state index in [1.54, 1.807) is 0 Å². The number of rotatable bonds is 3. The van der Waals surface area contributed by atoms with Crippen molar-refractivity contribution in [1.29, 1.82) is 0 Å². The van der Waals surface area contributed by atoms with Gasteiger partial charge in [-0.05, 0) is 30.2 Å². The van der Waals surface area contributed by atoms with Crippen molar-refractivity contribution in [2.75, 3.05) is 13.1 Å². The van der Waals surface area contributed by atoms with Crippen molar-refractivity contribution in [3.63, 3.8) is 0 Å². The Hall–Kier alpha value is -1.69. The zero-order valence-electron chi connectivity index (χ0n) is 11.7. The summed E-state index contributed by atoms with van der Waals surface area (Å²) < 4.78 is 0.661. The number of aromatic amines is 1. The molecule has 1 saturated heterocycles. The molecule has 4 rings (SSSR count). The van der Waals surface area contributed by atoms with Crippen molar-refractivity contribution < 1.29 is 4.79 Å². The SMILES string of the molecule is O=C1C[C@@H](c2nc3ccsc3c(=O)[nH]2)CN1CC1CCC1. The predicted octanol–water partition coefficient (Wildman–Crippen LogP) is 2.10. The van der Waals surface area contributed by atoms with Crippen molar-refractivity contribution in [3.8, 4) is 0 Å². The minimum atomic E-state index is -0.0881. The molecule has 21 heavy (non-hydrogen) atoms. The summed E-state index contributed by atoms with van der Waals surface area (Å²) >= 11 is 1.40. The normalized spacial score (nSPS) is 23.0. The quantitative estimate of drug-likeness (QED) is 0.944. The van der Waals surface area contributed by atoms with E-state index >= 15 is 0 Å². The third-order valence-corrected chi connectivity index (χ3v) is 5.54. The summed E-state index contributed by atoms with van der Waals surface area (Å²) in [6.45, 7) is 1.56. The van der Waals surface area contributed by atoms with E-state index in [1.807, 2.05) is 16.3 Å². The fourth-order valence-electron chi connectivity index (χ4n) is 3.20. The van der Waals surface area contributed by atoms with Crippen LogP contribution in [0, 0.1) is 5.92 Å². The van der Waals surface area contributed by atoms with Crippen molar-refractivity contribution in [3.05, 3.63) is 27.6 Å². The second-order valence-electron chi connectivity index (χ2n) is 6.08. The monoisotopic (exact) mass is 303 g/mol. The molecule has 0 aromatic carbocycles. The average molecular weight is 303 g/mol. The van der Waals surface area contributed by atoms with Crippen molar-refractivity contribution >= 4 is 27.5 Å². The summed E-state index contributed by atoms with van der Waals surface area (Å²) in [4.78, 5) is 33.5. The molecule has 6 heteroatoms. The molecule has 2 aliphatic rings. The zero-order chi connectivity index (χ0) is 14.4. The van der Waals surface area contributed by atoms with Gasteiger partial charge in [0.05, 0.1) is 5.52 Å². The summed E-state index contributed by atoms with van der Waals surface area (Å²) in [7, 11) is 0. The second-order valence-corrected chi connectivity index (χ2v) is 7.00. The van der Waals surface area contributed by atoms with Crippen molar-refractivity contribution in [2.45, 2.75) is 31.6 Å². The first-order valence-corrected chi connectivity index (χ1v) is 8.34. The first-order chi connectivity index (χ1) is 10.2. The van der Waals surface area contributed by atoms with E-state index in [2.05, 4.69) is 9.97 Å². The molecule has 1 atom stereocenters. The minimum Gasteiger partial charge on any atom is -0.342 e. The standard InChI is InChI=1S/C15H17N3O2S/c19-12-6-10(8-18(12)7-9-2-1-3-9)14-16-11-4-5-21-13(11)15(20)17-14/h4-5,9-10H,1-3,6-8H2,(H,16,17,20)/t10-/m1/s1. The maximum absolute atomic E-state index is 12.1. The highest BCUT2D eigenvalue weighted by molar-refractivity contribution is 7.17. The third kappa shape index (κ3) is 2.27. The molecular weight excluding hydrogens is 286 g/mol. The fourth-order valence-corrected chi connectivity index (χ4v) is 3.93. The first kappa shape index (κ1) is 13.0. The smallest absolute Gasteiger partial charge is 0.268 e. The highest BCUT2D eigenvalue weighted by Crippen LogP contribution is 2.32. The number of likely N-dealkylation sites (tertiary alicyclic amines) is 1. The van der Waals surface area contributed by atoms with E-state index in [-0.39, 0.29) is 17.4 Å². The maximum atomic E-state index is 12.1. The van der Waals surface area contributed by atoms with E-state index in [4.69, 9.17) is 0 Å². The molecule has 0 unspecified atom stereocenters. The Morgan fingerprint density at radius 1 is 1.38 bits per heavy atom. The Kier molecular flexibility index (Phi) is 3.06. The van der Waals surface area contributed by atoms with Gasteiger partial charge < -0.3 is 9.88 Å². The van der Waals surface area contributed by atoms with Crippen LogP contribution in [0.1, 0.15) is 37.4 Å². The Labute approximate surface area is 126 Å². The van der Waals surface area contributed by atoms with Gasteiger partial charge >= 0.3 is 0 Å². The van der Waals surface area contributed by atoms with Crippen LogP contribution in [0.25, 0.3) is 10.2 Å². The van der Waals surface area contributed by atoms with Crippen LogP contribution in [0.2, 0.25) is 0 Å². The fraction of sp³-hybridized carbons (Fsp3) is 0.533. The molecule has 0 spiro atoms. The third-order valence-electron chi connectivity index (χ3n) is 4.64. The topological polar surface area (TPSA) is 66.1 Å². The van der Waals surface area contributed by atoms with Gasteiger partial charge in [-0.15, -0.1) is 11.3 Å². The highest BCUT2D eigenvalue weighted by atomic mass is 32.1. The Bertz CT molecular complexity index is 747. The summed E-state index contributed by atoms with van der Waals surface area (Å²) in [6.07, 6.45) is 4.24. The molecule has 3 heterocycles. The number of fused-ring (bicyclic) bond motifs is 1. The Morgan fingerprint density at radius 2 is 2.24 bits per heavy atom. The first-order valence-electron chi connectivity index (χ1n) is 7.46. The summed E-state index contributed by atoms with van der Waals surface area (Å²) in [5, 5.41) is 1.87. The Balaban J connectivity index is 1.57. The molecule has 1 saturated carbocycles. The van der Waals surface area contributed by atoms with Gasteiger partial charge in [-0.2, -0.15) is 0 Å². The van der Waals surface area contributed by atoms with E-state index in [0.717, 1.165) is 12.1 Å². The maximum Gasteiger partial charge on any atom is 0.268 e. The molecule has 0 bridgehead atoms. The van der Waals surface area contributed by atoms with Crippen LogP contribution in [0.5, 0.6) is 0 Å². The van der Waals surface area contributed by atoms with Crippen molar-refractivity contribution in [1.82, 2.24) is 14.9 Å². The number of thiophene rings is 1. The molecule has 5 nitrogen and oxygen atoms in total. The summed E-state index contributed by atoms with van der Waals surface area (Å²) in [5.74, 6) is 1.56. The number of hydrogen-bond acceptors (Lipinski definition) is 4. The highest BCUT2D eigenvalue weighted by Gasteiger charge is 2.34. The molecular formula is C15H17N3O2S. The average Bonchev–Trinajstić information content (AvgIpc) is 3.01. The van der Waals surface area contributed by atoms with Crippen LogP contribution in [-0.4, -0.2) is 33.9 Å². The van der Waals surface area contributed by atoms with Crippen LogP contribution in [0.15, 0.2) is 16.2 Å². The number of H-pyrrole nitrogens is 1. The molecule has 1 amide bonds. The number of nitrogens with zero attached hydrogens (tertiary/aromatic N) is 2. The van der Waals surface area contributed by atoms with Gasteiger partial charge in [0.25, 0.3) is 5.56 Å². The van der Waals surface area contributed by atoms with Gasteiger partial charge in [0, 0.05) is 25.4 Å². The molecule has 1 aliphatic heterocycles. The lowest BCUT2D eigenvalue weighted by Crippen LogP contribution is -2.33. The number of carbonyl (C=O) groups excluding carboxylic acids is 1. The van der Waals surface area contributed by atoms with Crippen LogP contribution in [0.3, 0.4) is 0 Å². The lowest BCUT2D eigenvalue weighted by Gasteiger charge is -2.30. The molecule has 2 aromatic rings. The van der Waals surface area contributed by atoms with Gasteiger partial charge in [0.15, 0.2) is 0 Å². The molecule has 2 aromatic heterocycles. The van der Waals surface area contributed by atoms with E-state index in [0.29, 0.717) is 29.4 Å². The van der Waals surface area contributed by atoms with Crippen LogP contribution >= 0.6 is 11.3 Å². The number of carbonyl (C=O) groups is 1. The van der Waals surface area contributed by atoms with E-state index in [9.17, 15) is 9.59 Å². The largest absolute Gasteiger partial charge is 0.342 e. The van der Waals surface area contributed by atoms with Gasteiger partial charge in [-0.3, -0.25) is 9.59 Å². The van der Waals surface area contributed by atoms with Crippen molar-refractivity contribution in [2.24, 2.45) is 5.92 Å². The molecule has 0 radical (unpaired) electrons. The summed E-state index contributed by atoms with van der Waals surface area (Å²) in [6, 6.07) is 1.86. The summed E-state index contributed by atoms with van der Waals surface area (Å²) in [5.41, 5.74) is 0.651. The predicted molar refractivity (Wildman–Crippen MR) is 81.5 cm³/mol. The van der Waals surface area contributed by atoms with Crippen LogP contribution in [0.4, 0.5) is 0 Å². The van der Waals surface area contributed by atoms with E-state index < -0.39 is 0 Å². The number of aromatic nitrogens is 2. The second kappa shape index (κ2) is 4.94. The molecule has 1 N–H and O–H groups in total. The Morgan fingerprint density at radius 3 is 3.00 bits per heavy atom. The van der Waals surface area contributed by atoms with Gasteiger partial charge in [-0.25, -0.2) is 4.98 Å². The van der Waals surface area contributed by atoms with Gasteiger partial charge in [0.2, 0.25) is 5.91 Å². The lowest BCUT2D eigenvalue weighted by atomic mass is 9.85. The molecule has 1 aliphatic carbocycles. The number of nitrogens with one attached hydrogen (secondary N) is 1. The molecule has 110 valence electrons.